The van der Waals surface area contributed by atoms with Crippen molar-refractivity contribution >= 4 is 17.5 Å². The average Bonchev–Trinajstić information content (AvgIpc) is 3.15. The van der Waals surface area contributed by atoms with Gasteiger partial charge in [0.1, 0.15) is 6.61 Å². The number of benzene rings is 2. The number of ketones is 1. The molecule has 148 valence electrons. The summed E-state index contributed by atoms with van der Waals surface area (Å²) in [4.78, 5) is 12.5. The van der Waals surface area contributed by atoms with E-state index in [2.05, 4.69) is 16.8 Å². The monoisotopic (exact) mass is 407 g/mol. The van der Waals surface area contributed by atoms with Crippen LogP contribution in [0.5, 0.6) is 11.5 Å². The van der Waals surface area contributed by atoms with Crippen molar-refractivity contribution < 1.29 is 14.3 Å². The Bertz CT molecular complexity index is 1030. The van der Waals surface area contributed by atoms with E-state index >= 15 is 0 Å². The van der Waals surface area contributed by atoms with Crippen molar-refractivity contribution in [1.82, 2.24) is 14.8 Å². The summed E-state index contributed by atoms with van der Waals surface area (Å²) < 4.78 is 13.8. The number of hydrogen-bond acceptors (Lipinski definition) is 6. The van der Waals surface area contributed by atoms with Gasteiger partial charge in [0.25, 0.3) is 0 Å². The molecule has 1 atom stereocenters. The third kappa shape index (κ3) is 4.19. The Kier molecular flexibility index (Phi) is 5.67. The van der Waals surface area contributed by atoms with E-state index in [1.165, 1.54) is 11.8 Å². The van der Waals surface area contributed by atoms with E-state index < -0.39 is 0 Å². The number of nitrogens with zero attached hydrogens (tertiary/aromatic N) is 3. The van der Waals surface area contributed by atoms with Crippen LogP contribution in [0.25, 0.3) is 0 Å². The molecule has 1 unspecified atom stereocenters. The molecule has 0 saturated carbocycles. The summed E-state index contributed by atoms with van der Waals surface area (Å²) in [6, 6.07) is 15.1. The Balaban J connectivity index is 1.50. The minimum atomic E-state index is -0.375. The normalized spacial score (nSPS) is 15.1. The van der Waals surface area contributed by atoms with Gasteiger partial charge >= 0.3 is 0 Å². The number of Topliss-reactive ketones (excluding diaryl/α,β-unsaturated/α-hetero) is 1. The first kappa shape index (κ1) is 19.3. The van der Waals surface area contributed by atoms with E-state index in [0.717, 1.165) is 11.3 Å². The zero-order chi connectivity index (χ0) is 20.2. The molecule has 2 heterocycles. The van der Waals surface area contributed by atoms with Gasteiger partial charge in [-0.05, 0) is 19.1 Å². The highest BCUT2D eigenvalue weighted by atomic mass is 32.2. The molecular weight excluding hydrogens is 386 g/mol. The Morgan fingerprint density at radius 1 is 1.21 bits per heavy atom. The third-order valence-corrected chi connectivity index (χ3v) is 5.53. The molecule has 0 spiro atoms. The summed E-state index contributed by atoms with van der Waals surface area (Å²) in [7, 11) is 0. The highest BCUT2D eigenvalue weighted by molar-refractivity contribution is 7.99. The second kappa shape index (κ2) is 8.53. The number of carbonyl (C=O) groups is 1. The molecule has 3 aromatic rings. The molecule has 0 aliphatic carbocycles. The number of ether oxygens (including phenoxy) is 2. The summed E-state index contributed by atoms with van der Waals surface area (Å²) in [5, 5.41) is 9.26. The second-order valence-electron chi connectivity index (χ2n) is 6.68. The lowest BCUT2D eigenvalue weighted by Gasteiger charge is -2.26. The fraction of sp³-hybridized carbons (Fsp3) is 0.227. The van der Waals surface area contributed by atoms with Gasteiger partial charge in [-0.3, -0.25) is 9.36 Å². The van der Waals surface area contributed by atoms with E-state index in [4.69, 9.17) is 9.47 Å². The number of aryl methyl sites for hydroxylation is 1. The van der Waals surface area contributed by atoms with Gasteiger partial charge in [0.15, 0.2) is 34.4 Å². The minimum absolute atomic E-state index is 0.0517. The highest BCUT2D eigenvalue weighted by Gasteiger charge is 2.28. The lowest BCUT2D eigenvalue weighted by Crippen LogP contribution is -2.25. The van der Waals surface area contributed by atoms with Crippen LogP contribution < -0.4 is 9.47 Å². The largest absolute Gasteiger partial charge is 0.485 e. The number of aromatic nitrogens is 3. The lowest BCUT2D eigenvalue weighted by molar-refractivity contribution is 0.0821. The predicted molar refractivity (Wildman–Crippen MR) is 112 cm³/mol. The van der Waals surface area contributed by atoms with Gasteiger partial charge in [-0.1, -0.05) is 59.8 Å². The van der Waals surface area contributed by atoms with Crippen LogP contribution in [0.2, 0.25) is 0 Å². The summed E-state index contributed by atoms with van der Waals surface area (Å²) in [5.41, 5.74) is 1.82. The molecule has 0 saturated heterocycles. The maximum Gasteiger partial charge on any atom is 0.192 e. The van der Waals surface area contributed by atoms with Crippen molar-refractivity contribution in [1.29, 1.82) is 0 Å². The average molecular weight is 407 g/mol. The molecule has 1 aromatic heterocycles. The molecule has 1 aliphatic rings. The van der Waals surface area contributed by atoms with Crippen LogP contribution in [-0.4, -0.2) is 32.9 Å². The molecular formula is C22H21N3O3S. The van der Waals surface area contributed by atoms with Crippen molar-refractivity contribution in [3.05, 3.63) is 78.1 Å². The maximum absolute atomic E-state index is 12.5. The first-order chi connectivity index (χ1) is 14.2. The highest BCUT2D eigenvalue weighted by Crippen LogP contribution is 2.36. The number of thioether (sulfide) groups is 1. The van der Waals surface area contributed by atoms with Gasteiger partial charge in [0, 0.05) is 12.1 Å². The molecule has 7 heteroatoms. The fourth-order valence-corrected chi connectivity index (χ4v) is 3.89. The van der Waals surface area contributed by atoms with E-state index in [1.54, 1.807) is 6.08 Å². The van der Waals surface area contributed by atoms with Gasteiger partial charge in [-0.2, -0.15) is 0 Å². The molecule has 0 radical (unpaired) electrons. The Labute approximate surface area is 173 Å². The Morgan fingerprint density at radius 2 is 1.97 bits per heavy atom. The standard InChI is InChI=1S/C22H21N3O3S/c1-3-12-25-21(20-13-27-18-6-4-5-7-19(18)28-20)23-24-22(25)29-14-17(26)16-10-8-15(2)9-11-16/h3-11,20H,1,12-14H2,2H3. The van der Waals surface area contributed by atoms with Crippen LogP contribution in [0.15, 0.2) is 66.3 Å². The summed E-state index contributed by atoms with van der Waals surface area (Å²) in [5.74, 6) is 2.39. The first-order valence-corrected chi connectivity index (χ1v) is 10.3. The van der Waals surface area contributed by atoms with Crippen molar-refractivity contribution in [2.45, 2.75) is 24.7 Å². The Hall–Kier alpha value is -3.06. The van der Waals surface area contributed by atoms with Crippen LogP contribution in [0.1, 0.15) is 27.8 Å². The molecule has 4 rings (SSSR count). The quantitative estimate of drug-likeness (QED) is 0.331. The van der Waals surface area contributed by atoms with Crippen molar-refractivity contribution in [3.8, 4) is 11.5 Å². The molecule has 0 bridgehead atoms. The van der Waals surface area contributed by atoms with Gasteiger partial charge in [0.2, 0.25) is 0 Å². The molecule has 6 nitrogen and oxygen atoms in total. The predicted octanol–water partition coefficient (Wildman–Crippen LogP) is 4.26. The number of fused-ring (bicyclic) bond motifs is 1. The zero-order valence-electron chi connectivity index (χ0n) is 16.1. The fourth-order valence-electron chi connectivity index (χ4n) is 3.05. The topological polar surface area (TPSA) is 66.2 Å². The Morgan fingerprint density at radius 3 is 2.72 bits per heavy atom. The van der Waals surface area contributed by atoms with Crippen LogP contribution in [0.3, 0.4) is 0 Å². The van der Waals surface area contributed by atoms with Crippen LogP contribution in [0, 0.1) is 6.92 Å². The van der Waals surface area contributed by atoms with E-state index in [-0.39, 0.29) is 17.6 Å². The minimum Gasteiger partial charge on any atom is -0.485 e. The molecule has 29 heavy (non-hydrogen) atoms. The summed E-state index contributed by atoms with van der Waals surface area (Å²) >= 11 is 1.36. The zero-order valence-corrected chi connectivity index (χ0v) is 16.9. The van der Waals surface area contributed by atoms with Crippen molar-refractivity contribution in [3.63, 3.8) is 0 Å². The van der Waals surface area contributed by atoms with E-state index in [0.29, 0.717) is 35.4 Å². The first-order valence-electron chi connectivity index (χ1n) is 9.31. The molecule has 0 fully saturated rings. The molecule has 2 aromatic carbocycles. The van der Waals surface area contributed by atoms with E-state index in [1.807, 2.05) is 60.0 Å². The summed E-state index contributed by atoms with van der Waals surface area (Å²) in [6.07, 6.45) is 1.40. The lowest BCUT2D eigenvalue weighted by atomic mass is 10.1. The number of para-hydroxylation sites is 2. The van der Waals surface area contributed by atoms with Gasteiger partial charge in [0.05, 0.1) is 5.75 Å². The maximum atomic E-state index is 12.5. The van der Waals surface area contributed by atoms with Crippen LogP contribution in [-0.2, 0) is 6.54 Å². The number of rotatable bonds is 7. The van der Waals surface area contributed by atoms with Crippen molar-refractivity contribution in [2.24, 2.45) is 0 Å². The van der Waals surface area contributed by atoms with Gasteiger partial charge < -0.3 is 9.47 Å². The van der Waals surface area contributed by atoms with Crippen molar-refractivity contribution in [2.75, 3.05) is 12.4 Å². The van der Waals surface area contributed by atoms with E-state index in [9.17, 15) is 4.79 Å². The third-order valence-electron chi connectivity index (χ3n) is 4.56. The molecule has 1 aliphatic heterocycles. The van der Waals surface area contributed by atoms with Crippen LogP contribution >= 0.6 is 11.8 Å². The van der Waals surface area contributed by atoms with Gasteiger partial charge in [-0.15, -0.1) is 16.8 Å². The number of hydrogen-bond donors (Lipinski definition) is 0. The van der Waals surface area contributed by atoms with Crippen LogP contribution in [0.4, 0.5) is 0 Å². The molecule has 0 N–H and O–H groups in total. The SMILES string of the molecule is C=CCn1c(SCC(=O)c2ccc(C)cc2)nnc1C1COc2ccccc2O1. The summed E-state index contributed by atoms with van der Waals surface area (Å²) in [6.45, 7) is 6.69. The number of carbonyl (C=O) groups excluding carboxylic acids is 1. The molecule has 0 amide bonds. The second-order valence-corrected chi connectivity index (χ2v) is 7.62. The smallest absolute Gasteiger partial charge is 0.192 e. The van der Waals surface area contributed by atoms with Gasteiger partial charge in [-0.25, -0.2) is 0 Å². The number of allylic oxidation sites excluding steroid dienone is 1.